The Morgan fingerprint density at radius 2 is 2.15 bits per heavy atom. The van der Waals surface area contributed by atoms with Crippen molar-refractivity contribution in [2.24, 2.45) is 5.92 Å². The van der Waals surface area contributed by atoms with Crippen LogP contribution in [0.5, 0.6) is 0 Å². The van der Waals surface area contributed by atoms with Gasteiger partial charge in [0.15, 0.2) is 0 Å². The molecule has 0 aromatic heterocycles. The first-order chi connectivity index (χ1) is 6.25. The Kier molecular flexibility index (Phi) is 2.92. The van der Waals surface area contributed by atoms with Crippen LogP contribution in [0.25, 0.3) is 0 Å². The van der Waals surface area contributed by atoms with E-state index in [2.05, 4.69) is 16.8 Å². The summed E-state index contributed by atoms with van der Waals surface area (Å²) < 4.78 is 0. The molecule has 0 amide bonds. The quantitative estimate of drug-likeness (QED) is 0.742. The second-order valence-corrected chi connectivity index (χ2v) is 4.68. The lowest BCUT2D eigenvalue weighted by atomic mass is 9.84. The minimum atomic E-state index is 0.651. The normalized spacial score (nSPS) is 37.8. The topological polar surface area (TPSA) is 15.3 Å². The monoisotopic (exact) mass is 200 g/mol. The van der Waals surface area contributed by atoms with Crippen molar-refractivity contribution in [3.8, 4) is 0 Å². The Bertz CT molecular complexity index is 197. The average molecular weight is 201 g/mol. The molecule has 3 heteroatoms. The molecule has 13 heavy (non-hydrogen) atoms. The van der Waals surface area contributed by atoms with Gasteiger partial charge in [-0.05, 0) is 31.8 Å². The van der Waals surface area contributed by atoms with Crippen LogP contribution in [-0.2, 0) is 0 Å². The van der Waals surface area contributed by atoms with E-state index in [9.17, 15) is 0 Å². The van der Waals surface area contributed by atoms with Gasteiger partial charge in [0.05, 0.1) is 0 Å². The predicted octanol–water partition coefficient (Wildman–Crippen LogP) is 1.42. The third-order valence-electron chi connectivity index (χ3n) is 3.21. The maximum Gasteiger partial charge on any atom is 0.0310 e. The summed E-state index contributed by atoms with van der Waals surface area (Å²) in [5, 5.41) is 4.20. The van der Waals surface area contributed by atoms with Crippen molar-refractivity contribution in [1.82, 2.24) is 10.2 Å². The maximum absolute atomic E-state index is 5.73. The number of nitrogens with zero attached hydrogens (tertiary/aromatic N) is 1. The van der Waals surface area contributed by atoms with Gasteiger partial charge in [0, 0.05) is 24.2 Å². The number of hydrogen-bond donors (Lipinski definition) is 1. The third-order valence-corrected chi connectivity index (χ3v) is 3.35. The highest BCUT2D eigenvalue weighted by Gasteiger charge is 2.33. The fourth-order valence-corrected chi connectivity index (χ4v) is 2.52. The van der Waals surface area contributed by atoms with Gasteiger partial charge in [-0.3, -0.25) is 0 Å². The third kappa shape index (κ3) is 2.25. The Morgan fingerprint density at radius 1 is 1.46 bits per heavy atom. The molecule has 2 bridgehead atoms. The molecule has 3 aliphatic rings. The van der Waals surface area contributed by atoms with Crippen molar-refractivity contribution < 1.29 is 0 Å². The SMILES string of the molecule is C=C(Cl)CNC1CN2CCC1CC2. The molecule has 3 saturated heterocycles. The van der Waals surface area contributed by atoms with E-state index < -0.39 is 0 Å². The number of fused-ring (bicyclic) bond motifs is 3. The van der Waals surface area contributed by atoms with E-state index in [4.69, 9.17) is 11.6 Å². The number of nitrogens with one attached hydrogen (secondary N) is 1. The van der Waals surface area contributed by atoms with Gasteiger partial charge < -0.3 is 10.2 Å². The zero-order valence-electron chi connectivity index (χ0n) is 7.93. The second kappa shape index (κ2) is 3.99. The van der Waals surface area contributed by atoms with E-state index in [0.29, 0.717) is 6.04 Å². The lowest BCUT2D eigenvalue weighted by Crippen LogP contribution is -2.56. The highest BCUT2D eigenvalue weighted by Crippen LogP contribution is 2.27. The van der Waals surface area contributed by atoms with Crippen LogP contribution >= 0.6 is 11.6 Å². The van der Waals surface area contributed by atoms with E-state index in [0.717, 1.165) is 17.5 Å². The Morgan fingerprint density at radius 3 is 2.62 bits per heavy atom. The zero-order valence-corrected chi connectivity index (χ0v) is 8.69. The van der Waals surface area contributed by atoms with Crippen LogP contribution in [0.2, 0.25) is 0 Å². The van der Waals surface area contributed by atoms with Gasteiger partial charge in [-0.1, -0.05) is 18.2 Å². The van der Waals surface area contributed by atoms with Gasteiger partial charge in [0.1, 0.15) is 0 Å². The highest BCUT2D eigenvalue weighted by atomic mass is 35.5. The molecule has 0 aromatic rings. The lowest BCUT2D eigenvalue weighted by molar-refractivity contribution is 0.0744. The minimum absolute atomic E-state index is 0.651. The molecule has 0 saturated carbocycles. The summed E-state index contributed by atoms with van der Waals surface area (Å²) in [6.07, 6.45) is 2.71. The van der Waals surface area contributed by atoms with Gasteiger partial charge in [-0.2, -0.15) is 0 Å². The fraction of sp³-hybridized carbons (Fsp3) is 0.800. The van der Waals surface area contributed by atoms with E-state index in [-0.39, 0.29) is 0 Å². The molecule has 1 atom stereocenters. The molecular weight excluding hydrogens is 184 g/mol. The molecule has 3 aliphatic heterocycles. The molecule has 3 heterocycles. The van der Waals surface area contributed by atoms with Crippen LogP contribution in [0.3, 0.4) is 0 Å². The van der Waals surface area contributed by atoms with Crippen molar-refractivity contribution in [2.45, 2.75) is 18.9 Å². The first-order valence-corrected chi connectivity index (χ1v) is 5.42. The average Bonchev–Trinajstić information content (AvgIpc) is 2.17. The van der Waals surface area contributed by atoms with Crippen LogP contribution in [0.15, 0.2) is 11.6 Å². The Labute approximate surface area is 84.9 Å². The summed E-state index contributed by atoms with van der Waals surface area (Å²) in [5.74, 6) is 0.876. The number of rotatable bonds is 3. The van der Waals surface area contributed by atoms with Crippen molar-refractivity contribution in [1.29, 1.82) is 0 Å². The van der Waals surface area contributed by atoms with Crippen LogP contribution < -0.4 is 5.32 Å². The van der Waals surface area contributed by atoms with Crippen LogP contribution in [0.1, 0.15) is 12.8 Å². The summed E-state index contributed by atoms with van der Waals surface area (Å²) in [6.45, 7) is 8.25. The van der Waals surface area contributed by atoms with E-state index in [1.807, 2.05) is 0 Å². The number of halogens is 1. The molecule has 0 aromatic carbocycles. The first-order valence-electron chi connectivity index (χ1n) is 5.05. The molecule has 0 radical (unpaired) electrons. The summed E-state index contributed by atoms with van der Waals surface area (Å²) in [6, 6.07) is 0.651. The molecule has 0 spiro atoms. The van der Waals surface area contributed by atoms with E-state index in [1.54, 1.807) is 0 Å². The predicted molar refractivity (Wildman–Crippen MR) is 55.9 cm³/mol. The molecule has 3 fully saturated rings. The number of piperidine rings is 3. The van der Waals surface area contributed by atoms with Crippen molar-refractivity contribution in [2.75, 3.05) is 26.2 Å². The number of hydrogen-bond acceptors (Lipinski definition) is 2. The molecule has 74 valence electrons. The van der Waals surface area contributed by atoms with Gasteiger partial charge in [-0.15, -0.1) is 0 Å². The largest absolute Gasteiger partial charge is 0.307 e. The summed E-state index contributed by atoms with van der Waals surface area (Å²) in [4.78, 5) is 2.54. The highest BCUT2D eigenvalue weighted by molar-refractivity contribution is 6.29. The molecule has 0 aliphatic carbocycles. The summed E-state index contributed by atoms with van der Waals surface area (Å²) in [5.41, 5.74) is 0. The van der Waals surface area contributed by atoms with Gasteiger partial charge in [-0.25, -0.2) is 0 Å². The van der Waals surface area contributed by atoms with E-state index in [1.165, 1.54) is 32.5 Å². The van der Waals surface area contributed by atoms with Crippen LogP contribution in [0.4, 0.5) is 0 Å². The molecule has 1 N–H and O–H groups in total. The molecule has 2 nitrogen and oxygen atoms in total. The lowest BCUT2D eigenvalue weighted by Gasteiger charge is -2.45. The maximum atomic E-state index is 5.73. The minimum Gasteiger partial charge on any atom is -0.307 e. The van der Waals surface area contributed by atoms with Crippen LogP contribution in [0, 0.1) is 5.92 Å². The van der Waals surface area contributed by atoms with E-state index >= 15 is 0 Å². The first kappa shape index (κ1) is 9.50. The Balaban J connectivity index is 1.83. The van der Waals surface area contributed by atoms with Crippen LogP contribution in [-0.4, -0.2) is 37.1 Å². The molecule has 3 rings (SSSR count). The summed E-state index contributed by atoms with van der Waals surface area (Å²) in [7, 11) is 0. The molecular formula is C10H17ClN2. The van der Waals surface area contributed by atoms with Crippen molar-refractivity contribution >= 4 is 11.6 Å². The standard InChI is InChI=1S/C10H17ClN2/c1-8(11)6-12-10-7-13-4-2-9(10)3-5-13/h9-10,12H,1-7H2. The summed E-state index contributed by atoms with van der Waals surface area (Å²) >= 11 is 5.73. The zero-order chi connectivity index (χ0) is 9.26. The van der Waals surface area contributed by atoms with Gasteiger partial charge in [0.25, 0.3) is 0 Å². The van der Waals surface area contributed by atoms with Gasteiger partial charge in [0.2, 0.25) is 0 Å². The molecule has 1 unspecified atom stereocenters. The fourth-order valence-electron chi connectivity index (χ4n) is 2.44. The van der Waals surface area contributed by atoms with Gasteiger partial charge >= 0.3 is 0 Å². The Hall–Kier alpha value is -0.0500. The smallest absolute Gasteiger partial charge is 0.0310 e. The van der Waals surface area contributed by atoms with Crippen molar-refractivity contribution in [3.63, 3.8) is 0 Å². The van der Waals surface area contributed by atoms with Crippen molar-refractivity contribution in [3.05, 3.63) is 11.6 Å². The second-order valence-electron chi connectivity index (χ2n) is 4.14.